The van der Waals surface area contributed by atoms with Crippen molar-refractivity contribution in [3.63, 3.8) is 0 Å². The molecule has 0 aliphatic carbocycles. The molecule has 7 nitrogen and oxygen atoms in total. The van der Waals surface area contributed by atoms with Crippen LogP contribution in [-0.4, -0.2) is 26.8 Å². The zero-order valence-electron chi connectivity index (χ0n) is 15.0. The highest BCUT2D eigenvalue weighted by Gasteiger charge is 2.40. The van der Waals surface area contributed by atoms with Crippen LogP contribution in [-0.2, 0) is 19.3 Å². The average Bonchev–Trinajstić information content (AvgIpc) is 3.04. The third kappa shape index (κ3) is 4.59. The van der Waals surface area contributed by atoms with Gasteiger partial charge in [-0.2, -0.15) is 13.2 Å². The minimum Gasteiger partial charge on any atom is -0.351 e. The Hall–Kier alpha value is -2.86. The first-order chi connectivity index (χ1) is 13.7. The van der Waals surface area contributed by atoms with E-state index in [0.717, 1.165) is 12.3 Å². The van der Waals surface area contributed by atoms with Gasteiger partial charge in [0.15, 0.2) is 4.96 Å². The SMILES string of the molecule is CCNC(=O)c1c(C(F)(F)F)sc2nc(CNCc3ccc(F)cn3)cc(=O)n12. The molecule has 12 heteroatoms. The van der Waals surface area contributed by atoms with Crippen molar-refractivity contribution in [2.75, 3.05) is 6.54 Å². The van der Waals surface area contributed by atoms with Gasteiger partial charge in [-0.05, 0) is 19.1 Å². The highest BCUT2D eigenvalue weighted by molar-refractivity contribution is 7.17. The molecule has 29 heavy (non-hydrogen) atoms. The highest BCUT2D eigenvalue weighted by Crippen LogP contribution is 2.37. The van der Waals surface area contributed by atoms with Crippen molar-refractivity contribution in [1.82, 2.24) is 25.0 Å². The molecule has 3 rings (SSSR count). The second-order valence-corrected chi connectivity index (χ2v) is 6.89. The van der Waals surface area contributed by atoms with Crippen molar-refractivity contribution in [3.8, 4) is 0 Å². The van der Waals surface area contributed by atoms with Gasteiger partial charge >= 0.3 is 6.18 Å². The Morgan fingerprint density at radius 1 is 1.24 bits per heavy atom. The summed E-state index contributed by atoms with van der Waals surface area (Å²) in [5, 5.41) is 5.22. The van der Waals surface area contributed by atoms with E-state index < -0.39 is 34.0 Å². The van der Waals surface area contributed by atoms with Gasteiger partial charge in [0.25, 0.3) is 11.5 Å². The summed E-state index contributed by atoms with van der Waals surface area (Å²) in [7, 11) is 0. The van der Waals surface area contributed by atoms with Gasteiger partial charge < -0.3 is 10.6 Å². The lowest BCUT2D eigenvalue weighted by Gasteiger charge is -2.08. The molecule has 0 saturated carbocycles. The highest BCUT2D eigenvalue weighted by atomic mass is 32.1. The van der Waals surface area contributed by atoms with Crippen LogP contribution in [0.5, 0.6) is 0 Å². The van der Waals surface area contributed by atoms with E-state index >= 15 is 0 Å². The molecule has 0 radical (unpaired) electrons. The van der Waals surface area contributed by atoms with Crippen LogP contribution in [0, 0.1) is 5.82 Å². The Kier molecular flexibility index (Phi) is 5.94. The summed E-state index contributed by atoms with van der Waals surface area (Å²) < 4.78 is 53.7. The molecule has 0 aliphatic heterocycles. The topological polar surface area (TPSA) is 88.4 Å². The van der Waals surface area contributed by atoms with Crippen molar-refractivity contribution in [3.05, 3.63) is 62.5 Å². The number of halogens is 4. The number of nitrogens with one attached hydrogen (secondary N) is 2. The quantitative estimate of drug-likeness (QED) is 0.588. The monoisotopic (exact) mass is 429 g/mol. The molecule has 0 aliphatic rings. The largest absolute Gasteiger partial charge is 0.427 e. The number of fused-ring (bicyclic) bond motifs is 1. The van der Waals surface area contributed by atoms with Crippen LogP contribution in [0.1, 0.15) is 33.7 Å². The summed E-state index contributed by atoms with van der Waals surface area (Å²) in [6, 6.07) is 3.78. The fraction of sp³-hybridized carbons (Fsp3) is 0.294. The summed E-state index contributed by atoms with van der Waals surface area (Å²) in [5.74, 6) is -1.47. The van der Waals surface area contributed by atoms with Gasteiger partial charge in [0, 0.05) is 25.7 Å². The summed E-state index contributed by atoms with van der Waals surface area (Å²) >= 11 is 0.229. The molecule has 0 fully saturated rings. The van der Waals surface area contributed by atoms with E-state index in [0.29, 0.717) is 10.1 Å². The Balaban J connectivity index is 1.91. The number of thiazole rings is 1. The van der Waals surface area contributed by atoms with Crippen LogP contribution >= 0.6 is 11.3 Å². The number of nitrogens with zero attached hydrogens (tertiary/aromatic N) is 3. The van der Waals surface area contributed by atoms with Crippen LogP contribution in [0.25, 0.3) is 4.96 Å². The van der Waals surface area contributed by atoms with Gasteiger partial charge in [0.1, 0.15) is 16.4 Å². The molecule has 154 valence electrons. The summed E-state index contributed by atoms with van der Waals surface area (Å²) in [5.41, 5.74) is -0.820. The van der Waals surface area contributed by atoms with Crippen LogP contribution in [0.15, 0.2) is 29.2 Å². The minimum atomic E-state index is -4.81. The van der Waals surface area contributed by atoms with Crippen molar-refractivity contribution < 1.29 is 22.4 Å². The lowest BCUT2D eigenvalue weighted by Crippen LogP contribution is -2.30. The van der Waals surface area contributed by atoms with E-state index in [1.807, 2.05) is 0 Å². The maximum Gasteiger partial charge on any atom is 0.427 e. The Labute approximate surface area is 165 Å². The van der Waals surface area contributed by atoms with Gasteiger partial charge in [-0.3, -0.25) is 14.6 Å². The molecule has 0 saturated heterocycles. The van der Waals surface area contributed by atoms with Gasteiger partial charge in [-0.15, -0.1) is 0 Å². The van der Waals surface area contributed by atoms with Crippen LogP contribution in [0.3, 0.4) is 0 Å². The lowest BCUT2D eigenvalue weighted by molar-refractivity contribution is -0.134. The first-order valence-corrected chi connectivity index (χ1v) is 9.24. The van der Waals surface area contributed by atoms with Crippen molar-refractivity contribution >= 4 is 22.2 Å². The predicted molar refractivity (Wildman–Crippen MR) is 97.1 cm³/mol. The van der Waals surface area contributed by atoms with Crippen molar-refractivity contribution in [2.45, 2.75) is 26.2 Å². The third-order valence-electron chi connectivity index (χ3n) is 3.78. The second-order valence-electron chi connectivity index (χ2n) is 5.91. The first kappa shape index (κ1) is 20.9. The Morgan fingerprint density at radius 3 is 2.59 bits per heavy atom. The number of alkyl halides is 3. The Morgan fingerprint density at radius 2 is 1.97 bits per heavy atom. The molecular formula is C17H15F4N5O2S. The zero-order valence-corrected chi connectivity index (χ0v) is 15.8. The van der Waals surface area contributed by atoms with Gasteiger partial charge in [-0.25, -0.2) is 13.8 Å². The molecule has 2 N–H and O–H groups in total. The number of hydrogen-bond acceptors (Lipinski definition) is 6. The number of pyridine rings is 1. The normalized spacial score (nSPS) is 11.8. The van der Waals surface area contributed by atoms with Crippen LogP contribution in [0.2, 0.25) is 0 Å². The van der Waals surface area contributed by atoms with Gasteiger partial charge in [0.2, 0.25) is 0 Å². The average molecular weight is 429 g/mol. The lowest BCUT2D eigenvalue weighted by atomic mass is 10.3. The fourth-order valence-electron chi connectivity index (χ4n) is 2.58. The number of amides is 1. The molecule has 0 bridgehead atoms. The minimum absolute atomic E-state index is 0.0700. The maximum absolute atomic E-state index is 13.4. The number of hydrogen-bond donors (Lipinski definition) is 2. The molecule has 3 heterocycles. The second kappa shape index (κ2) is 8.25. The van der Waals surface area contributed by atoms with E-state index in [4.69, 9.17) is 0 Å². The molecule has 0 unspecified atom stereocenters. The summed E-state index contributed by atoms with van der Waals surface area (Å²) in [6.07, 6.45) is -3.75. The van der Waals surface area contributed by atoms with E-state index in [-0.39, 0.29) is 41.6 Å². The van der Waals surface area contributed by atoms with Crippen molar-refractivity contribution in [1.29, 1.82) is 0 Å². The van der Waals surface area contributed by atoms with E-state index in [1.54, 1.807) is 6.92 Å². The Bertz CT molecular complexity index is 1090. The fourth-order valence-corrected chi connectivity index (χ4v) is 3.60. The molecule has 0 atom stereocenters. The number of carbonyl (C=O) groups excluding carboxylic acids is 1. The van der Waals surface area contributed by atoms with Gasteiger partial charge in [-0.1, -0.05) is 11.3 Å². The molecular weight excluding hydrogens is 414 g/mol. The predicted octanol–water partition coefficient (Wildman–Crippen LogP) is 2.35. The zero-order chi connectivity index (χ0) is 21.2. The number of rotatable bonds is 6. The molecule has 3 aromatic rings. The maximum atomic E-state index is 13.4. The van der Waals surface area contributed by atoms with E-state index in [2.05, 4.69) is 20.6 Å². The molecule has 1 amide bonds. The van der Waals surface area contributed by atoms with Crippen molar-refractivity contribution in [2.24, 2.45) is 0 Å². The smallest absolute Gasteiger partial charge is 0.351 e. The third-order valence-corrected chi connectivity index (χ3v) is 4.87. The van der Waals surface area contributed by atoms with E-state index in [9.17, 15) is 27.2 Å². The van der Waals surface area contributed by atoms with E-state index in [1.165, 1.54) is 12.1 Å². The van der Waals surface area contributed by atoms with Crippen LogP contribution < -0.4 is 16.2 Å². The number of aromatic nitrogens is 3. The summed E-state index contributed by atoms with van der Waals surface area (Å²) in [6.45, 7) is 1.97. The molecule has 3 aromatic heterocycles. The van der Waals surface area contributed by atoms with Crippen LogP contribution in [0.4, 0.5) is 17.6 Å². The molecule has 0 spiro atoms. The standard InChI is InChI=1S/C17H15F4N5O2S/c1-2-23-15(28)13-14(17(19,20)21)29-16-25-11(5-12(27)26(13)16)8-22-7-10-4-3-9(18)6-24-10/h3-6,22H,2,7-8H2,1H3,(H,23,28). The molecule has 0 aromatic carbocycles. The first-order valence-electron chi connectivity index (χ1n) is 8.42. The van der Waals surface area contributed by atoms with Gasteiger partial charge in [0.05, 0.1) is 17.6 Å². The summed E-state index contributed by atoms with van der Waals surface area (Å²) in [4.78, 5) is 31.1. The number of carbonyl (C=O) groups is 1.